The number of hydrogen-bond acceptors (Lipinski definition) is 6. The van der Waals surface area contributed by atoms with E-state index in [0.29, 0.717) is 36.6 Å². The quantitative estimate of drug-likeness (QED) is 0.226. The maximum Gasteiger partial charge on any atom is 0.339 e. The van der Waals surface area contributed by atoms with E-state index < -0.39 is 17.3 Å². The SMILES string of the molecule is COC(=O)c1c(C)cc(N2CCN(C(=O)c3ccc4c(-c5ccc(Cl)c(F)c5)cn(C5(C)CCC5)c4n3)C(C)(C)C2)nc1C. The van der Waals surface area contributed by atoms with E-state index in [1.165, 1.54) is 13.2 Å². The number of methoxy groups -OCH3 is 1. The Bertz CT molecular complexity index is 1790. The number of nitrogens with zero attached hydrogens (tertiary/aromatic N) is 5. The molecule has 44 heavy (non-hydrogen) atoms. The number of hydrogen-bond donors (Lipinski definition) is 0. The molecule has 1 aliphatic heterocycles. The Kier molecular flexibility index (Phi) is 7.43. The first-order chi connectivity index (χ1) is 20.8. The number of benzene rings is 1. The Labute approximate surface area is 261 Å². The van der Waals surface area contributed by atoms with Gasteiger partial charge >= 0.3 is 5.97 Å². The molecule has 10 heteroatoms. The number of amides is 1. The molecule has 0 unspecified atom stereocenters. The third-order valence-corrected chi connectivity index (χ3v) is 9.66. The number of esters is 1. The minimum absolute atomic E-state index is 0.0800. The topological polar surface area (TPSA) is 80.6 Å². The molecule has 2 fully saturated rings. The highest BCUT2D eigenvalue weighted by Crippen LogP contribution is 2.43. The van der Waals surface area contributed by atoms with Gasteiger partial charge in [-0.05, 0) is 95.3 Å². The molecule has 230 valence electrons. The van der Waals surface area contributed by atoms with E-state index in [-0.39, 0.29) is 16.5 Å². The first-order valence-corrected chi connectivity index (χ1v) is 15.3. The molecule has 4 heterocycles. The minimum atomic E-state index is -0.523. The molecule has 0 spiro atoms. The molecule has 3 aromatic heterocycles. The van der Waals surface area contributed by atoms with Crippen LogP contribution in [0.4, 0.5) is 10.2 Å². The predicted octanol–water partition coefficient (Wildman–Crippen LogP) is 6.93. The average molecular weight is 618 g/mol. The normalized spacial score (nSPS) is 17.5. The lowest BCUT2D eigenvalue weighted by Gasteiger charge is -2.47. The highest BCUT2D eigenvalue weighted by Gasteiger charge is 2.39. The third kappa shape index (κ3) is 5.01. The van der Waals surface area contributed by atoms with Crippen molar-refractivity contribution in [2.24, 2.45) is 0 Å². The zero-order chi connectivity index (χ0) is 31.6. The first kappa shape index (κ1) is 30.1. The molecule has 6 rings (SSSR count). The molecule has 4 aromatic rings. The second kappa shape index (κ2) is 10.9. The maximum atomic E-state index is 14.4. The number of piperazine rings is 1. The van der Waals surface area contributed by atoms with E-state index in [9.17, 15) is 14.0 Å². The van der Waals surface area contributed by atoms with Crippen LogP contribution in [0, 0.1) is 19.7 Å². The number of carbonyl (C=O) groups excluding carboxylic acids is 2. The molecule has 1 saturated heterocycles. The van der Waals surface area contributed by atoms with Crippen LogP contribution in [0.1, 0.15) is 72.1 Å². The van der Waals surface area contributed by atoms with Gasteiger partial charge in [0.1, 0.15) is 23.0 Å². The molecular weight excluding hydrogens is 581 g/mol. The van der Waals surface area contributed by atoms with Crippen LogP contribution in [0.5, 0.6) is 0 Å². The lowest BCUT2D eigenvalue weighted by Crippen LogP contribution is -2.61. The fourth-order valence-electron chi connectivity index (χ4n) is 6.70. The summed E-state index contributed by atoms with van der Waals surface area (Å²) in [5.41, 5.74) is 3.94. The van der Waals surface area contributed by atoms with Gasteiger partial charge < -0.3 is 19.1 Å². The van der Waals surface area contributed by atoms with E-state index in [1.54, 1.807) is 12.1 Å². The number of ether oxygens (including phenoxy) is 1. The van der Waals surface area contributed by atoms with E-state index in [4.69, 9.17) is 26.3 Å². The predicted molar refractivity (Wildman–Crippen MR) is 170 cm³/mol. The lowest BCUT2D eigenvalue weighted by molar-refractivity contribution is 0.0506. The smallest absolute Gasteiger partial charge is 0.339 e. The number of halogens is 2. The summed E-state index contributed by atoms with van der Waals surface area (Å²) >= 11 is 5.97. The summed E-state index contributed by atoms with van der Waals surface area (Å²) in [5.74, 6) is -0.237. The van der Waals surface area contributed by atoms with Gasteiger partial charge in [-0.25, -0.2) is 19.2 Å². The fourth-order valence-corrected chi connectivity index (χ4v) is 6.82. The van der Waals surface area contributed by atoms with Crippen molar-refractivity contribution in [2.75, 3.05) is 31.6 Å². The number of anilines is 1. The third-order valence-electron chi connectivity index (χ3n) is 9.36. The van der Waals surface area contributed by atoms with Crippen molar-refractivity contribution in [1.82, 2.24) is 19.4 Å². The van der Waals surface area contributed by atoms with Gasteiger partial charge in [0.15, 0.2) is 0 Å². The molecule has 1 aliphatic carbocycles. The van der Waals surface area contributed by atoms with Gasteiger partial charge in [-0.1, -0.05) is 17.7 Å². The van der Waals surface area contributed by atoms with Crippen LogP contribution >= 0.6 is 11.6 Å². The number of carbonyl (C=O) groups is 2. The Morgan fingerprint density at radius 2 is 1.77 bits per heavy atom. The second-order valence-electron chi connectivity index (χ2n) is 12.9. The highest BCUT2D eigenvalue weighted by atomic mass is 35.5. The standard InChI is InChI=1S/C34H37ClFN5O3/c1-20-16-28(37-21(2)29(20)32(43)44-6)39-14-15-40(33(3,4)19-39)31(42)27-11-9-23-24(22-8-10-25(35)26(36)17-22)18-41(30(23)38-27)34(5)12-7-13-34/h8-11,16-18H,7,12-15,19H2,1-6H3. The minimum Gasteiger partial charge on any atom is -0.465 e. The number of fused-ring (bicyclic) bond motifs is 1. The van der Waals surface area contributed by atoms with E-state index >= 15 is 0 Å². The summed E-state index contributed by atoms with van der Waals surface area (Å²) < 4.78 is 21.5. The van der Waals surface area contributed by atoms with E-state index in [0.717, 1.165) is 52.8 Å². The van der Waals surface area contributed by atoms with E-state index in [1.807, 2.05) is 57.0 Å². The largest absolute Gasteiger partial charge is 0.465 e. The second-order valence-corrected chi connectivity index (χ2v) is 13.3. The summed E-state index contributed by atoms with van der Waals surface area (Å²) in [6.07, 6.45) is 5.18. The Hall–Kier alpha value is -3.98. The van der Waals surface area contributed by atoms with Gasteiger partial charge in [0, 0.05) is 42.3 Å². The molecule has 0 bridgehead atoms. The summed E-state index contributed by atoms with van der Waals surface area (Å²) in [4.78, 5) is 40.0. The van der Waals surface area contributed by atoms with Crippen LogP contribution in [0.2, 0.25) is 5.02 Å². The lowest BCUT2D eigenvalue weighted by atomic mass is 9.78. The van der Waals surface area contributed by atoms with Crippen molar-refractivity contribution in [1.29, 1.82) is 0 Å². The summed E-state index contributed by atoms with van der Waals surface area (Å²) in [6, 6.07) is 10.4. The summed E-state index contributed by atoms with van der Waals surface area (Å²) in [6.45, 7) is 11.6. The van der Waals surface area contributed by atoms with Gasteiger partial charge in [0.25, 0.3) is 5.91 Å². The summed E-state index contributed by atoms with van der Waals surface area (Å²) in [7, 11) is 1.37. The van der Waals surface area contributed by atoms with Crippen molar-refractivity contribution < 1.29 is 18.7 Å². The van der Waals surface area contributed by atoms with Crippen molar-refractivity contribution in [3.8, 4) is 11.1 Å². The number of aryl methyl sites for hydroxylation is 2. The zero-order valence-electron chi connectivity index (χ0n) is 26.0. The van der Waals surface area contributed by atoms with Crippen LogP contribution in [-0.2, 0) is 10.3 Å². The number of pyridine rings is 2. The van der Waals surface area contributed by atoms with Crippen LogP contribution in [-0.4, -0.2) is 63.6 Å². The van der Waals surface area contributed by atoms with Crippen molar-refractivity contribution in [3.63, 3.8) is 0 Å². The average Bonchev–Trinajstić information content (AvgIpc) is 3.35. The van der Waals surface area contributed by atoms with Crippen molar-refractivity contribution in [2.45, 2.75) is 65.0 Å². The molecule has 1 saturated carbocycles. The Morgan fingerprint density at radius 3 is 2.39 bits per heavy atom. The van der Waals surface area contributed by atoms with E-state index in [2.05, 4.69) is 16.4 Å². The number of rotatable bonds is 5. The van der Waals surface area contributed by atoms with Gasteiger partial charge in [0.05, 0.1) is 28.9 Å². The monoisotopic (exact) mass is 617 g/mol. The highest BCUT2D eigenvalue weighted by molar-refractivity contribution is 6.30. The van der Waals surface area contributed by atoms with Gasteiger partial charge in [-0.2, -0.15) is 0 Å². The van der Waals surface area contributed by atoms with Gasteiger partial charge in [-0.15, -0.1) is 0 Å². The molecule has 0 atom stereocenters. The van der Waals surface area contributed by atoms with Gasteiger partial charge in [0.2, 0.25) is 0 Å². The molecular formula is C34H37ClFN5O3. The molecule has 0 radical (unpaired) electrons. The van der Waals surface area contributed by atoms with Crippen LogP contribution < -0.4 is 4.90 Å². The van der Waals surface area contributed by atoms with Crippen molar-refractivity contribution in [3.05, 3.63) is 75.9 Å². The van der Waals surface area contributed by atoms with Crippen LogP contribution in [0.15, 0.2) is 42.6 Å². The van der Waals surface area contributed by atoms with Gasteiger partial charge in [-0.3, -0.25) is 4.79 Å². The zero-order valence-corrected chi connectivity index (χ0v) is 26.8. The molecule has 0 N–H and O–H groups in total. The molecule has 2 aliphatic rings. The van der Waals surface area contributed by atoms with Crippen LogP contribution in [0.25, 0.3) is 22.2 Å². The number of aromatic nitrogens is 3. The van der Waals surface area contributed by atoms with Crippen LogP contribution in [0.3, 0.4) is 0 Å². The summed E-state index contributed by atoms with van der Waals surface area (Å²) in [5, 5.41) is 0.948. The molecule has 1 amide bonds. The molecule has 8 nitrogen and oxygen atoms in total. The molecule has 1 aromatic carbocycles. The van der Waals surface area contributed by atoms with Crippen molar-refractivity contribution >= 4 is 40.3 Å². The maximum absolute atomic E-state index is 14.4. The first-order valence-electron chi connectivity index (χ1n) is 14.9. The fraction of sp³-hybridized carbons (Fsp3) is 0.412. The Balaban J connectivity index is 1.31. The Morgan fingerprint density at radius 1 is 1.02 bits per heavy atom.